The molecule has 8 heteroatoms. The number of carboxylic acid groups (broad SMARTS) is 1. The highest BCUT2D eigenvalue weighted by atomic mass is 16.5. The van der Waals surface area contributed by atoms with E-state index in [2.05, 4.69) is 5.32 Å². The summed E-state index contributed by atoms with van der Waals surface area (Å²) in [5, 5.41) is 11.2. The summed E-state index contributed by atoms with van der Waals surface area (Å²) in [6, 6.07) is -1.66. The van der Waals surface area contributed by atoms with Crippen molar-refractivity contribution in [3.63, 3.8) is 0 Å². The zero-order valence-corrected chi connectivity index (χ0v) is 11.2. The average molecular weight is 275 g/mol. The molecule has 0 radical (unpaired) electrons. The van der Waals surface area contributed by atoms with Gasteiger partial charge in [0.1, 0.15) is 6.04 Å². The minimum absolute atomic E-state index is 0.0320. The van der Waals surface area contributed by atoms with E-state index in [9.17, 15) is 14.4 Å². The van der Waals surface area contributed by atoms with E-state index in [1.165, 1.54) is 11.9 Å². The van der Waals surface area contributed by atoms with Crippen molar-refractivity contribution in [3.8, 4) is 0 Å². The lowest BCUT2D eigenvalue weighted by atomic mass is 10.1. The Bertz CT molecular complexity index is 321. The first kappa shape index (κ1) is 17.2. The molecule has 0 spiro atoms. The average Bonchev–Trinajstić information content (AvgIpc) is 2.33. The van der Waals surface area contributed by atoms with Crippen molar-refractivity contribution in [2.75, 3.05) is 26.8 Å². The molecule has 0 fully saturated rings. The van der Waals surface area contributed by atoms with Gasteiger partial charge in [0.15, 0.2) is 0 Å². The Kier molecular flexibility index (Phi) is 8.27. The van der Waals surface area contributed by atoms with Gasteiger partial charge in [0.2, 0.25) is 5.91 Å². The van der Waals surface area contributed by atoms with Gasteiger partial charge in [0.25, 0.3) is 0 Å². The van der Waals surface area contributed by atoms with E-state index in [1.807, 2.05) is 6.92 Å². The van der Waals surface area contributed by atoms with Crippen molar-refractivity contribution in [1.82, 2.24) is 10.2 Å². The fraction of sp³-hybridized carbons (Fsp3) is 0.727. The van der Waals surface area contributed by atoms with Crippen LogP contribution in [-0.2, 0) is 14.3 Å². The minimum Gasteiger partial charge on any atom is -0.480 e. The highest BCUT2D eigenvalue weighted by Crippen LogP contribution is 1.99. The van der Waals surface area contributed by atoms with Gasteiger partial charge in [-0.2, -0.15) is 0 Å². The Morgan fingerprint density at radius 2 is 2.05 bits per heavy atom. The van der Waals surface area contributed by atoms with E-state index in [0.717, 1.165) is 0 Å². The van der Waals surface area contributed by atoms with Gasteiger partial charge in [0.05, 0.1) is 6.61 Å². The largest absolute Gasteiger partial charge is 0.480 e. The number of nitrogens with two attached hydrogens (primary N) is 1. The number of carboxylic acids is 1. The summed E-state index contributed by atoms with van der Waals surface area (Å²) in [7, 11) is 1.53. The molecule has 0 aromatic carbocycles. The molecule has 0 heterocycles. The first-order valence-electron chi connectivity index (χ1n) is 5.99. The van der Waals surface area contributed by atoms with Crippen LogP contribution in [0.15, 0.2) is 0 Å². The molecule has 3 amide bonds. The maximum Gasteiger partial charge on any atom is 0.326 e. The molecule has 0 aromatic heterocycles. The fourth-order valence-corrected chi connectivity index (χ4v) is 1.25. The second kappa shape index (κ2) is 9.15. The molecule has 0 saturated carbocycles. The van der Waals surface area contributed by atoms with Crippen LogP contribution in [0.25, 0.3) is 0 Å². The van der Waals surface area contributed by atoms with Gasteiger partial charge in [-0.15, -0.1) is 0 Å². The van der Waals surface area contributed by atoms with Gasteiger partial charge in [-0.05, 0) is 13.3 Å². The Hall–Kier alpha value is -1.83. The summed E-state index contributed by atoms with van der Waals surface area (Å²) in [6.07, 6.45) is -0.129. The third-order valence-electron chi connectivity index (χ3n) is 2.40. The summed E-state index contributed by atoms with van der Waals surface area (Å²) in [4.78, 5) is 34.5. The molecular weight excluding hydrogens is 254 g/mol. The summed E-state index contributed by atoms with van der Waals surface area (Å²) in [5.74, 6) is -1.81. The number of carbonyl (C=O) groups is 3. The van der Waals surface area contributed by atoms with Crippen LogP contribution in [0.2, 0.25) is 0 Å². The van der Waals surface area contributed by atoms with Crippen LogP contribution >= 0.6 is 0 Å². The number of urea groups is 1. The van der Waals surface area contributed by atoms with Crippen molar-refractivity contribution in [2.24, 2.45) is 5.73 Å². The molecule has 4 N–H and O–H groups in total. The number of nitrogens with one attached hydrogen (secondary N) is 1. The number of hydrogen-bond acceptors (Lipinski definition) is 4. The van der Waals surface area contributed by atoms with Gasteiger partial charge in [-0.1, -0.05) is 0 Å². The molecule has 8 nitrogen and oxygen atoms in total. The van der Waals surface area contributed by atoms with E-state index in [1.54, 1.807) is 0 Å². The van der Waals surface area contributed by atoms with Crippen molar-refractivity contribution >= 4 is 17.9 Å². The molecule has 0 aromatic rings. The molecule has 0 aliphatic heterocycles. The number of amides is 3. The summed E-state index contributed by atoms with van der Waals surface area (Å²) in [6.45, 7) is 3.11. The maximum atomic E-state index is 11.7. The van der Waals surface area contributed by atoms with Gasteiger partial charge in [0, 0.05) is 26.6 Å². The van der Waals surface area contributed by atoms with Gasteiger partial charge < -0.3 is 25.8 Å². The van der Waals surface area contributed by atoms with Crippen molar-refractivity contribution in [1.29, 1.82) is 0 Å². The highest BCUT2D eigenvalue weighted by molar-refractivity contribution is 5.83. The first-order valence-corrected chi connectivity index (χ1v) is 5.99. The summed E-state index contributed by atoms with van der Waals surface area (Å²) < 4.78 is 5.09. The monoisotopic (exact) mass is 275 g/mol. The van der Waals surface area contributed by atoms with E-state index < -0.39 is 23.9 Å². The molecule has 0 aliphatic carbocycles. The molecular formula is C11H21N3O5. The van der Waals surface area contributed by atoms with Crippen LogP contribution in [0.5, 0.6) is 0 Å². The van der Waals surface area contributed by atoms with Crippen LogP contribution in [-0.4, -0.2) is 60.8 Å². The number of ether oxygens (including phenoxy) is 1. The molecule has 1 atom stereocenters. The van der Waals surface area contributed by atoms with E-state index >= 15 is 0 Å². The Morgan fingerprint density at radius 3 is 2.53 bits per heavy atom. The SMILES string of the molecule is CCOCCN(C)C(=O)N[C@H](CCC(N)=O)C(=O)O. The molecule has 110 valence electrons. The standard InChI is InChI=1S/C11H21N3O5/c1-3-19-7-6-14(2)11(18)13-8(10(16)17)4-5-9(12)15/h8H,3-7H2,1-2H3,(H2,12,15)(H,13,18)(H,16,17)/t8-/m1/s1. The number of aliphatic carboxylic acids is 1. The highest BCUT2D eigenvalue weighted by Gasteiger charge is 2.21. The predicted molar refractivity (Wildman–Crippen MR) is 67.5 cm³/mol. The number of primary amides is 1. The molecule has 0 saturated heterocycles. The van der Waals surface area contributed by atoms with Crippen LogP contribution < -0.4 is 11.1 Å². The number of nitrogens with zero attached hydrogens (tertiary/aromatic N) is 1. The molecule has 0 rings (SSSR count). The maximum absolute atomic E-state index is 11.7. The lowest BCUT2D eigenvalue weighted by molar-refractivity contribution is -0.139. The molecule has 0 bridgehead atoms. The predicted octanol–water partition coefficient (Wildman–Crippen LogP) is -0.617. The third-order valence-corrected chi connectivity index (χ3v) is 2.40. The van der Waals surface area contributed by atoms with Crippen molar-refractivity contribution < 1.29 is 24.2 Å². The normalized spacial score (nSPS) is 11.7. The summed E-state index contributed by atoms with van der Waals surface area (Å²) >= 11 is 0. The Morgan fingerprint density at radius 1 is 1.42 bits per heavy atom. The first-order chi connectivity index (χ1) is 8.88. The number of likely N-dealkylation sites (N-methyl/N-ethyl adjacent to an activating group) is 1. The fourth-order valence-electron chi connectivity index (χ4n) is 1.25. The van der Waals surface area contributed by atoms with Crippen LogP contribution in [0.3, 0.4) is 0 Å². The van der Waals surface area contributed by atoms with Crippen LogP contribution in [0.1, 0.15) is 19.8 Å². The van der Waals surface area contributed by atoms with E-state index in [0.29, 0.717) is 19.8 Å². The second-order valence-corrected chi connectivity index (χ2v) is 3.96. The molecule has 0 unspecified atom stereocenters. The van der Waals surface area contributed by atoms with Gasteiger partial charge in [-0.25, -0.2) is 9.59 Å². The lowest BCUT2D eigenvalue weighted by Crippen LogP contribution is -2.47. The van der Waals surface area contributed by atoms with Gasteiger partial charge >= 0.3 is 12.0 Å². The smallest absolute Gasteiger partial charge is 0.326 e. The zero-order valence-electron chi connectivity index (χ0n) is 11.2. The number of rotatable bonds is 9. The van der Waals surface area contributed by atoms with Crippen molar-refractivity contribution in [2.45, 2.75) is 25.8 Å². The van der Waals surface area contributed by atoms with Crippen molar-refractivity contribution in [3.05, 3.63) is 0 Å². The van der Waals surface area contributed by atoms with Crippen LogP contribution in [0, 0.1) is 0 Å². The molecule has 0 aliphatic rings. The zero-order chi connectivity index (χ0) is 14.8. The summed E-state index contributed by atoms with van der Waals surface area (Å²) in [5.41, 5.74) is 4.94. The topological polar surface area (TPSA) is 122 Å². The van der Waals surface area contributed by atoms with Crippen LogP contribution in [0.4, 0.5) is 4.79 Å². The quantitative estimate of drug-likeness (QED) is 0.484. The lowest BCUT2D eigenvalue weighted by Gasteiger charge is -2.21. The van der Waals surface area contributed by atoms with Gasteiger partial charge in [-0.3, -0.25) is 4.79 Å². The van der Waals surface area contributed by atoms with E-state index in [-0.39, 0.29) is 12.8 Å². The van der Waals surface area contributed by atoms with E-state index in [4.69, 9.17) is 15.6 Å². The second-order valence-electron chi connectivity index (χ2n) is 3.96. The molecule has 19 heavy (non-hydrogen) atoms. The third kappa shape index (κ3) is 7.98. The number of hydrogen-bond donors (Lipinski definition) is 3. The Balaban J connectivity index is 4.22. The number of carbonyl (C=O) groups excluding carboxylic acids is 2. The Labute approximate surface area is 111 Å². The minimum atomic E-state index is -1.20.